The normalized spacial score (nSPS) is 30.0. The molecule has 2 saturated heterocycles. The molecule has 0 aromatic heterocycles. The molecule has 0 aromatic carbocycles. The summed E-state index contributed by atoms with van der Waals surface area (Å²) in [6.45, 7) is 4.32. The number of urea groups is 1. The SMILES string of the molecule is O=C(NCC1CCCNC1)NC1CCOC1. The van der Waals surface area contributed by atoms with Crippen LogP contribution in [0.5, 0.6) is 0 Å². The first-order valence-corrected chi connectivity index (χ1v) is 6.17. The Hall–Kier alpha value is -0.810. The molecule has 5 heteroatoms. The van der Waals surface area contributed by atoms with Crippen molar-refractivity contribution in [2.24, 2.45) is 5.92 Å². The Kier molecular flexibility index (Phi) is 4.42. The van der Waals surface area contributed by atoms with Crippen LogP contribution in [-0.2, 0) is 4.74 Å². The van der Waals surface area contributed by atoms with E-state index in [-0.39, 0.29) is 12.1 Å². The Labute approximate surface area is 96.3 Å². The smallest absolute Gasteiger partial charge is 0.315 e. The molecule has 0 aliphatic carbocycles. The van der Waals surface area contributed by atoms with Gasteiger partial charge in [0.15, 0.2) is 0 Å². The van der Waals surface area contributed by atoms with E-state index in [1.165, 1.54) is 12.8 Å². The number of rotatable bonds is 3. The first-order valence-electron chi connectivity index (χ1n) is 6.17. The third-order valence-corrected chi connectivity index (χ3v) is 3.22. The van der Waals surface area contributed by atoms with Gasteiger partial charge in [-0.2, -0.15) is 0 Å². The molecule has 2 unspecified atom stereocenters. The lowest BCUT2D eigenvalue weighted by Crippen LogP contribution is -2.45. The lowest BCUT2D eigenvalue weighted by atomic mass is 10.00. The van der Waals surface area contributed by atoms with Crippen molar-refractivity contribution in [3.05, 3.63) is 0 Å². The van der Waals surface area contributed by atoms with Crippen LogP contribution in [0.2, 0.25) is 0 Å². The molecular weight excluding hydrogens is 206 g/mol. The van der Waals surface area contributed by atoms with Gasteiger partial charge in [-0.05, 0) is 38.3 Å². The molecule has 2 atom stereocenters. The lowest BCUT2D eigenvalue weighted by Gasteiger charge is -2.23. The number of ether oxygens (including phenoxy) is 1. The highest BCUT2D eigenvalue weighted by molar-refractivity contribution is 5.74. The second kappa shape index (κ2) is 6.06. The molecule has 0 bridgehead atoms. The predicted molar refractivity (Wildman–Crippen MR) is 61.4 cm³/mol. The summed E-state index contributed by atoms with van der Waals surface area (Å²) < 4.78 is 5.20. The summed E-state index contributed by atoms with van der Waals surface area (Å²) in [5.74, 6) is 0.583. The van der Waals surface area contributed by atoms with Gasteiger partial charge in [0.25, 0.3) is 0 Å². The summed E-state index contributed by atoms with van der Waals surface area (Å²) in [4.78, 5) is 11.5. The highest BCUT2D eigenvalue weighted by atomic mass is 16.5. The van der Waals surface area contributed by atoms with E-state index >= 15 is 0 Å². The number of hydrogen-bond acceptors (Lipinski definition) is 3. The van der Waals surface area contributed by atoms with E-state index in [2.05, 4.69) is 16.0 Å². The van der Waals surface area contributed by atoms with E-state index in [0.29, 0.717) is 12.5 Å². The van der Waals surface area contributed by atoms with Crippen LogP contribution in [0.1, 0.15) is 19.3 Å². The number of hydrogen-bond donors (Lipinski definition) is 3. The average Bonchev–Trinajstić information content (AvgIpc) is 2.81. The van der Waals surface area contributed by atoms with Crippen LogP contribution < -0.4 is 16.0 Å². The summed E-state index contributed by atoms with van der Waals surface area (Å²) in [5, 5.41) is 9.20. The lowest BCUT2D eigenvalue weighted by molar-refractivity contribution is 0.188. The molecule has 5 nitrogen and oxygen atoms in total. The van der Waals surface area contributed by atoms with Crippen molar-refractivity contribution in [3.8, 4) is 0 Å². The Morgan fingerprint density at radius 3 is 3.06 bits per heavy atom. The quantitative estimate of drug-likeness (QED) is 0.639. The fraction of sp³-hybridized carbons (Fsp3) is 0.909. The van der Waals surface area contributed by atoms with Gasteiger partial charge in [-0.1, -0.05) is 0 Å². The minimum Gasteiger partial charge on any atom is -0.379 e. The molecule has 2 fully saturated rings. The van der Waals surface area contributed by atoms with E-state index < -0.39 is 0 Å². The number of carbonyl (C=O) groups excluding carboxylic acids is 1. The molecule has 0 saturated carbocycles. The van der Waals surface area contributed by atoms with Crippen molar-refractivity contribution < 1.29 is 9.53 Å². The summed E-state index contributed by atoms with van der Waals surface area (Å²) in [6, 6.07) is 0.144. The number of amides is 2. The van der Waals surface area contributed by atoms with Crippen LogP contribution in [0.25, 0.3) is 0 Å². The minimum atomic E-state index is -0.0546. The van der Waals surface area contributed by atoms with Gasteiger partial charge >= 0.3 is 6.03 Å². The maximum absolute atomic E-state index is 11.5. The number of carbonyl (C=O) groups is 1. The van der Waals surface area contributed by atoms with E-state index in [1.807, 2.05) is 0 Å². The maximum Gasteiger partial charge on any atom is 0.315 e. The first-order chi connectivity index (χ1) is 7.84. The fourth-order valence-electron chi connectivity index (χ4n) is 2.22. The van der Waals surface area contributed by atoms with Crippen LogP contribution in [0.4, 0.5) is 4.79 Å². The molecule has 0 radical (unpaired) electrons. The van der Waals surface area contributed by atoms with Gasteiger partial charge in [-0.25, -0.2) is 4.79 Å². The summed E-state index contributed by atoms with van der Waals surface area (Å²) in [7, 11) is 0. The predicted octanol–water partition coefficient (Wildman–Crippen LogP) is 0.0741. The van der Waals surface area contributed by atoms with Crippen molar-refractivity contribution >= 4 is 6.03 Å². The third-order valence-electron chi connectivity index (χ3n) is 3.22. The molecule has 2 heterocycles. The molecule has 2 amide bonds. The first kappa shape index (κ1) is 11.7. The Morgan fingerprint density at radius 2 is 2.38 bits per heavy atom. The van der Waals surface area contributed by atoms with Gasteiger partial charge in [0.1, 0.15) is 0 Å². The Morgan fingerprint density at radius 1 is 1.44 bits per heavy atom. The Bertz CT molecular complexity index is 223. The highest BCUT2D eigenvalue weighted by Gasteiger charge is 2.18. The molecule has 2 aliphatic rings. The molecule has 2 rings (SSSR count). The van der Waals surface area contributed by atoms with Gasteiger partial charge in [0.05, 0.1) is 12.6 Å². The van der Waals surface area contributed by atoms with Crippen LogP contribution in [0.3, 0.4) is 0 Å². The monoisotopic (exact) mass is 227 g/mol. The van der Waals surface area contributed by atoms with Crippen LogP contribution in [0, 0.1) is 5.92 Å². The van der Waals surface area contributed by atoms with Gasteiger partial charge in [-0.3, -0.25) is 0 Å². The topological polar surface area (TPSA) is 62.4 Å². The van der Waals surface area contributed by atoms with Crippen molar-refractivity contribution in [3.63, 3.8) is 0 Å². The number of piperidine rings is 1. The van der Waals surface area contributed by atoms with Gasteiger partial charge < -0.3 is 20.7 Å². The fourth-order valence-corrected chi connectivity index (χ4v) is 2.22. The minimum absolute atomic E-state index is 0.0546. The molecule has 2 aliphatic heterocycles. The summed E-state index contributed by atoms with van der Waals surface area (Å²) in [6.07, 6.45) is 3.35. The second-order valence-electron chi connectivity index (χ2n) is 4.63. The highest BCUT2D eigenvalue weighted by Crippen LogP contribution is 2.08. The van der Waals surface area contributed by atoms with E-state index in [9.17, 15) is 4.79 Å². The zero-order valence-corrected chi connectivity index (χ0v) is 9.63. The maximum atomic E-state index is 11.5. The molecule has 0 spiro atoms. The van der Waals surface area contributed by atoms with Gasteiger partial charge in [0.2, 0.25) is 0 Å². The van der Waals surface area contributed by atoms with Crippen LogP contribution in [-0.4, -0.2) is 44.9 Å². The zero-order valence-electron chi connectivity index (χ0n) is 9.63. The molecule has 92 valence electrons. The van der Waals surface area contributed by atoms with E-state index in [0.717, 1.165) is 32.7 Å². The molecule has 0 aromatic rings. The van der Waals surface area contributed by atoms with Crippen molar-refractivity contribution in [2.45, 2.75) is 25.3 Å². The van der Waals surface area contributed by atoms with Gasteiger partial charge in [-0.15, -0.1) is 0 Å². The molecule has 3 N–H and O–H groups in total. The van der Waals surface area contributed by atoms with Crippen molar-refractivity contribution in [1.82, 2.24) is 16.0 Å². The molecule has 16 heavy (non-hydrogen) atoms. The third kappa shape index (κ3) is 3.64. The van der Waals surface area contributed by atoms with Crippen molar-refractivity contribution in [2.75, 3.05) is 32.8 Å². The van der Waals surface area contributed by atoms with Crippen LogP contribution >= 0.6 is 0 Å². The van der Waals surface area contributed by atoms with Crippen LogP contribution in [0.15, 0.2) is 0 Å². The summed E-state index contributed by atoms with van der Waals surface area (Å²) >= 11 is 0. The second-order valence-corrected chi connectivity index (χ2v) is 4.63. The van der Waals surface area contributed by atoms with Gasteiger partial charge in [0, 0.05) is 13.2 Å². The molecular formula is C11H21N3O2. The standard InChI is InChI=1S/C11H21N3O2/c15-11(14-10-3-5-16-8-10)13-7-9-2-1-4-12-6-9/h9-10,12H,1-8H2,(H2,13,14,15). The van der Waals surface area contributed by atoms with Crippen molar-refractivity contribution in [1.29, 1.82) is 0 Å². The zero-order chi connectivity index (χ0) is 11.2. The van der Waals surface area contributed by atoms with E-state index in [4.69, 9.17) is 4.74 Å². The number of nitrogens with one attached hydrogen (secondary N) is 3. The van der Waals surface area contributed by atoms with E-state index in [1.54, 1.807) is 0 Å². The largest absolute Gasteiger partial charge is 0.379 e. The Balaban J connectivity index is 1.59. The average molecular weight is 227 g/mol. The summed E-state index contributed by atoms with van der Waals surface area (Å²) in [5.41, 5.74) is 0.